The monoisotopic (exact) mass is 193 g/mol. The van der Waals surface area contributed by atoms with Gasteiger partial charge in [0.05, 0.1) is 25.9 Å². The molecular formula is C9H11N3O2. The first-order valence-corrected chi connectivity index (χ1v) is 4.05. The van der Waals surface area contributed by atoms with Crippen LogP contribution in [-0.2, 0) is 0 Å². The summed E-state index contributed by atoms with van der Waals surface area (Å²) in [5.74, 6) is 0.0173. The molecule has 1 aromatic heterocycles. The zero-order chi connectivity index (χ0) is 10.6. The van der Waals surface area contributed by atoms with E-state index in [1.54, 1.807) is 38.5 Å². The SMILES string of the molecule is CN(C)C(=Cc1ccccn1)[N+](=O)[O-]. The standard InChI is InChI=1S/C9H11N3O2/c1-11(2)9(12(13)14)7-8-5-3-4-6-10-8/h3-7H,1-2H3. The summed E-state index contributed by atoms with van der Waals surface area (Å²) in [7, 11) is 3.25. The Labute approximate surface area is 81.8 Å². The molecule has 0 aliphatic carbocycles. The lowest BCUT2D eigenvalue weighted by molar-refractivity contribution is -0.442. The van der Waals surface area contributed by atoms with E-state index < -0.39 is 4.92 Å². The Morgan fingerprint density at radius 1 is 1.57 bits per heavy atom. The highest BCUT2D eigenvalue weighted by molar-refractivity contribution is 5.45. The second-order valence-corrected chi connectivity index (χ2v) is 2.91. The van der Waals surface area contributed by atoms with Crippen molar-refractivity contribution in [1.29, 1.82) is 0 Å². The van der Waals surface area contributed by atoms with E-state index in [-0.39, 0.29) is 5.82 Å². The first-order chi connectivity index (χ1) is 6.61. The van der Waals surface area contributed by atoms with Gasteiger partial charge < -0.3 is 10.1 Å². The number of hydrogen-bond acceptors (Lipinski definition) is 4. The number of nitrogens with zero attached hydrogens (tertiary/aromatic N) is 3. The van der Waals surface area contributed by atoms with Gasteiger partial charge in [0.15, 0.2) is 0 Å². The molecule has 74 valence electrons. The van der Waals surface area contributed by atoms with Gasteiger partial charge >= 0.3 is 5.82 Å². The van der Waals surface area contributed by atoms with E-state index in [2.05, 4.69) is 4.98 Å². The normalized spacial score (nSPS) is 11.1. The van der Waals surface area contributed by atoms with Gasteiger partial charge in [0.1, 0.15) is 0 Å². The molecule has 0 N–H and O–H groups in total. The Balaban J connectivity index is 3.00. The minimum absolute atomic E-state index is 0.0173. The van der Waals surface area contributed by atoms with Gasteiger partial charge in [-0.15, -0.1) is 0 Å². The van der Waals surface area contributed by atoms with E-state index in [0.717, 1.165) is 0 Å². The van der Waals surface area contributed by atoms with Crippen LogP contribution in [0.3, 0.4) is 0 Å². The van der Waals surface area contributed by atoms with Gasteiger partial charge in [0, 0.05) is 6.20 Å². The highest BCUT2D eigenvalue weighted by Gasteiger charge is 2.11. The maximum Gasteiger partial charge on any atom is 0.320 e. The topological polar surface area (TPSA) is 59.3 Å². The Morgan fingerprint density at radius 3 is 2.71 bits per heavy atom. The maximum atomic E-state index is 10.6. The average molecular weight is 193 g/mol. The molecule has 0 bridgehead atoms. The molecule has 0 aliphatic heterocycles. The van der Waals surface area contributed by atoms with Crippen LogP contribution in [-0.4, -0.2) is 28.9 Å². The van der Waals surface area contributed by atoms with E-state index in [0.29, 0.717) is 5.69 Å². The third-order valence-corrected chi connectivity index (χ3v) is 1.61. The average Bonchev–Trinajstić information content (AvgIpc) is 2.15. The molecule has 0 saturated carbocycles. The summed E-state index contributed by atoms with van der Waals surface area (Å²) in [4.78, 5) is 15.6. The first-order valence-electron chi connectivity index (χ1n) is 4.05. The number of rotatable bonds is 3. The molecule has 0 spiro atoms. The molecule has 14 heavy (non-hydrogen) atoms. The minimum Gasteiger partial charge on any atom is -0.358 e. The van der Waals surface area contributed by atoms with Gasteiger partial charge in [-0.05, 0) is 17.1 Å². The van der Waals surface area contributed by atoms with Crippen molar-refractivity contribution < 1.29 is 4.92 Å². The number of hydrogen-bond donors (Lipinski definition) is 0. The predicted molar refractivity (Wildman–Crippen MR) is 52.9 cm³/mol. The Kier molecular flexibility index (Phi) is 3.17. The summed E-state index contributed by atoms with van der Waals surface area (Å²) in [6.07, 6.45) is 3.03. The third kappa shape index (κ3) is 2.55. The van der Waals surface area contributed by atoms with Crippen LogP contribution in [0.2, 0.25) is 0 Å². The number of pyridine rings is 1. The lowest BCUT2D eigenvalue weighted by Gasteiger charge is -2.07. The fourth-order valence-electron chi connectivity index (χ4n) is 0.939. The van der Waals surface area contributed by atoms with Crippen LogP contribution < -0.4 is 0 Å². The van der Waals surface area contributed by atoms with Crippen LogP contribution in [0.1, 0.15) is 5.69 Å². The van der Waals surface area contributed by atoms with Crippen LogP contribution in [0.4, 0.5) is 0 Å². The van der Waals surface area contributed by atoms with Crippen molar-refractivity contribution in [1.82, 2.24) is 9.88 Å². The van der Waals surface area contributed by atoms with Crippen molar-refractivity contribution >= 4 is 6.08 Å². The van der Waals surface area contributed by atoms with Gasteiger partial charge in [0.25, 0.3) is 0 Å². The minimum atomic E-state index is -0.436. The predicted octanol–water partition coefficient (Wildman–Crippen LogP) is 1.22. The summed E-state index contributed by atoms with van der Waals surface area (Å²) in [6, 6.07) is 5.26. The third-order valence-electron chi connectivity index (χ3n) is 1.61. The highest BCUT2D eigenvalue weighted by Crippen LogP contribution is 2.06. The van der Waals surface area contributed by atoms with Crippen molar-refractivity contribution in [2.45, 2.75) is 0 Å². The van der Waals surface area contributed by atoms with Gasteiger partial charge in [-0.1, -0.05) is 6.07 Å². The molecule has 1 heterocycles. The Morgan fingerprint density at radius 2 is 2.29 bits per heavy atom. The molecule has 0 saturated heterocycles. The van der Waals surface area contributed by atoms with Crippen molar-refractivity contribution in [2.75, 3.05) is 14.1 Å². The molecule has 1 rings (SSSR count). The molecule has 0 radical (unpaired) electrons. The Bertz CT molecular complexity index is 346. The molecule has 0 atom stereocenters. The van der Waals surface area contributed by atoms with Gasteiger partial charge in [-0.3, -0.25) is 9.88 Å². The fraction of sp³-hybridized carbons (Fsp3) is 0.222. The van der Waals surface area contributed by atoms with Crippen LogP contribution in [0, 0.1) is 10.1 Å². The van der Waals surface area contributed by atoms with Gasteiger partial charge in [-0.25, -0.2) is 0 Å². The quantitative estimate of drug-likeness (QED) is 0.535. The molecule has 0 aliphatic rings. The molecule has 0 amide bonds. The van der Waals surface area contributed by atoms with Crippen molar-refractivity contribution in [2.24, 2.45) is 0 Å². The summed E-state index contributed by atoms with van der Waals surface area (Å²) < 4.78 is 0. The number of nitro groups is 1. The molecule has 0 aromatic carbocycles. The maximum absolute atomic E-state index is 10.6. The molecule has 5 nitrogen and oxygen atoms in total. The van der Waals surface area contributed by atoms with E-state index in [4.69, 9.17) is 0 Å². The van der Waals surface area contributed by atoms with Crippen LogP contribution in [0.25, 0.3) is 6.08 Å². The molecule has 0 fully saturated rings. The first kappa shape index (κ1) is 10.2. The van der Waals surface area contributed by atoms with Crippen LogP contribution in [0.15, 0.2) is 30.2 Å². The molecule has 1 aromatic rings. The summed E-state index contributed by atoms with van der Waals surface area (Å²) in [6.45, 7) is 0. The fourth-order valence-corrected chi connectivity index (χ4v) is 0.939. The Hall–Kier alpha value is -1.91. The van der Waals surface area contributed by atoms with Crippen molar-refractivity contribution in [3.05, 3.63) is 46.0 Å². The van der Waals surface area contributed by atoms with E-state index in [9.17, 15) is 10.1 Å². The zero-order valence-electron chi connectivity index (χ0n) is 8.04. The van der Waals surface area contributed by atoms with Gasteiger partial charge in [-0.2, -0.15) is 0 Å². The lowest BCUT2D eigenvalue weighted by Crippen LogP contribution is -2.17. The second-order valence-electron chi connectivity index (χ2n) is 2.91. The highest BCUT2D eigenvalue weighted by atomic mass is 16.6. The summed E-state index contributed by atoms with van der Waals surface area (Å²) in [5, 5.41) is 10.6. The van der Waals surface area contributed by atoms with E-state index in [1.807, 2.05) is 0 Å². The second kappa shape index (κ2) is 4.36. The van der Waals surface area contributed by atoms with Gasteiger partial charge in [0.2, 0.25) is 0 Å². The zero-order valence-corrected chi connectivity index (χ0v) is 8.04. The molecule has 5 heteroatoms. The lowest BCUT2D eigenvalue weighted by atomic mass is 10.3. The van der Waals surface area contributed by atoms with E-state index in [1.165, 1.54) is 11.0 Å². The van der Waals surface area contributed by atoms with Crippen LogP contribution >= 0.6 is 0 Å². The van der Waals surface area contributed by atoms with Crippen LogP contribution in [0.5, 0.6) is 0 Å². The van der Waals surface area contributed by atoms with Crippen molar-refractivity contribution in [3.8, 4) is 0 Å². The largest absolute Gasteiger partial charge is 0.358 e. The summed E-state index contributed by atoms with van der Waals surface area (Å²) in [5.41, 5.74) is 0.577. The summed E-state index contributed by atoms with van der Waals surface area (Å²) >= 11 is 0. The number of aromatic nitrogens is 1. The molecule has 0 unspecified atom stereocenters. The smallest absolute Gasteiger partial charge is 0.320 e. The van der Waals surface area contributed by atoms with Crippen molar-refractivity contribution in [3.63, 3.8) is 0 Å². The molecular weight excluding hydrogens is 182 g/mol. The van der Waals surface area contributed by atoms with E-state index >= 15 is 0 Å².